The van der Waals surface area contributed by atoms with Crippen molar-refractivity contribution < 1.29 is 9.53 Å². The number of carbonyl (C=O) groups is 1. The molecule has 128 valence electrons. The molecule has 1 aliphatic heterocycles. The first-order valence-corrected chi connectivity index (χ1v) is 7.98. The van der Waals surface area contributed by atoms with E-state index in [0.29, 0.717) is 24.7 Å². The quantitative estimate of drug-likeness (QED) is 0.818. The summed E-state index contributed by atoms with van der Waals surface area (Å²) < 4.78 is 7.35. The molecule has 1 aliphatic rings. The minimum atomic E-state index is -0.296. The molecule has 3 heterocycles. The molecule has 0 bridgehead atoms. The summed E-state index contributed by atoms with van der Waals surface area (Å²) in [5.74, 6) is 0.717. The fraction of sp³-hybridized carbons (Fsp3) is 0.467. The van der Waals surface area contributed by atoms with Crippen LogP contribution in [0.15, 0.2) is 24.8 Å². The van der Waals surface area contributed by atoms with Gasteiger partial charge in [-0.25, -0.2) is 4.98 Å². The maximum atomic E-state index is 12.5. The number of hydrogen-bond donors (Lipinski definition) is 0. The van der Waals surface area contributed by atoms with Gasteiger partial charge in [-0.2, -0.15) is 5.10 Å². The molecule has 1 fully saturated rings. The van der Waals surface area contributed by atoms with Crippen molar-refractivity contribution in [3.63, 3.8) is 0 Å². The Balaban J connectivity index is 1.71. The van der Waals surface area contributed by atoms with Crippen LogP contribution >= 0.6 is 11.6 Å². The largest absolute Gasteiger partial charge is 0.368 e. The average molecular weight is 351 g/mol. The third-order valence-corrected chi connectivity index (χ3v) is 3.95. The van der Waals surface area contributed by atoms with E-state index in [-0.39, 0.29) is 18.6 Å². The molecule has 0 saturated carbocycles. The molecule has 2 aromatic heterocycles. The van der Waals surface area contributed by atoms with Gasteiger partial charge in [0, 0.05) is 39.2 Å². The number of carbonyl (C=O) groups excluding carboxylic acids is 1. The van der Waals surface area contributed by atoms with E-state index in [1.54, 1.807) is 23.5 Å². The molecular weight excluding hydrogens is 332 g/mol. The van der Waals surface area contributed by atoms with Crippen molar-refractivity contribution in [3.8, 4) is 0 Å². The number of halogens is 1. The summed E-state index contributed by atoms with van der Waals surface area (Å²) in [7, 11) is 3.81. The van der Waals surface area contributed by atoms with Gasteiger partial charge < -0.3 is 14.5 Å². The maximum absolute atomic E-state index is 12.5. The Morgan fingerprint density at radius 1 is 1.42 bits per heavy atom. The Morgan fingerprint density at radius 2 is 2.21 bits per heavy atom. The number of amides is 1. The van der Waals surface area contributed by atoms with Gasteiger partial charge in [0.2, 0.25) is 5.91 Å². The van der Waals surface area contributed by atoms with Crippen LogP contribution in [0.2, 0.25) is 5.02 Å². The van der Waals surface area contributed by atoms with Gasteiger partial charge in [-0.1, -0.05) is 11.6 Å². The van der Waals surface area contributed by atoms with Crippen molar-refractivity contribution in [1.29, 1.82) is 0 Å². The molecule has 8 nitrogen and oxygen atoms in total. The third-order valence-electron chi connectivity index (χ3n) is 3.75. The molecule has 0 aromatic carbocycles. The smallest absolute Gasteiger partial charge is 0.244 e. The summed E-state index contributed by atoms with van der Waals surface area (Å²) >= 11 is 5.83. The van der Waals surface area contributed by atoms with Crippen molar-refractivity contribution in [3.05, 3.63) is 35.5 Å². The number of anilines is 1. The van der Waals surface area contributed by atoms with E-state index in [4.69, 9.17) is 16.3 Å². The predicted octanol–water partition coefficient (Wildman–Crippen LogP) is 0.993. The van der Waals surface area contributed by atoms with E-state index in [0.717, 1.165) is 11.5 Å². The van der Waals surface area contributed by atoms with E-state index in [1.807, 2.05) is 19.0 Å². The number of rotatable bonds is 4. The fourth-order valence-corrected chi connectivity index (χ4v) is 2.77. The zero-order valence-corrected chi connectivity index (χ0v) is 14.3. The highest BCUT2D eigenvalue weighted by Crippen LogP contribution is 2.26. The Morgan fingerprint density at radius 3 is 2.92 bits per heavy atom. The summed E-state index contributed by atoms with van der Waals surface area (Å²) in [6, 6.07) is 0. The Bertz CT molecular complexity index is 719. The second-order valence-corrected chi connectivity index (χ2v) is 6.15. The van der Waals surface area contributed by atoms with Crippen molar-refractivity contribution in [1.82, 2.24) is 24.6 Å². The first-order valence-electron chi connectivity index (χ1n) is 7.60. The monoisotopic (exact) mass is 350 g/mol. The fourth-order valence-electron chi connectivity index (χ4n) is 2.62. The summed E-state index contributed by atoms with van der Waals surface area (Å²) in [5.41, 5.74) is 0.738. The van der Waals surface area contributed by atoms with E-state index < -0.39 is 0 Å². The molecule has 3 rings (SSSR count). The van der Waals surface area contributed by atoms with E-state index in [9.17, 15) is 4.79 Å². The van der Waals surface area contributed by atoms with Crippen LogP contribution in [0.25, 0.3) is 0 Å². The van der Waals surface area contributed by atoms with Crippen LogP contribution in [-0.4, -0.2) is 64.3 Å². The molecule has 2 aromatic rings. The van der Waals surface area contributed by atoms with Gasteiger partial charge in [-0.3, -0.25) is 14.5 Å². The lowest BCUT2D eigenvalue weighted by molar-refractivity contribution is -0.140. The van der Waals surface area contributed by atoms with Crippen molar-refractivity contribution in [2.24, 2.45) is 0 Å². The SMILES string of the molecule is CN(C)c1nccnc1[C@@H]1CN(C(=O)Cn2cc(Cl)cn2)CCO1. The molecule has 0 spiro atoms. The Hall–Kier alpha value is -2.19. The van der Waals surface area contributed by atoms with Gasteiger partial charge in [0.25, 0.3) is 0 Å². The number of nitrogens with zero attached hydrogens (tertiary/aromatic N) is 6. The zero-order chi connectivity index (χ0) is 17.1. The number of aromatic nitrogens is 4. The van der Waals surface area contributed by atoms with Crippen LogP contribution in [0.4, 0.5) is 5.82 Å². The number of morpholine rings is 1. The molecule has 0 aliphatic carbocycles. The van der Waals surface area contributed by atoms with Crippen molar-refractivity contribution >= 4 is 23.3 Å². The van der Waals surface area contributed by atoms with E-state index in [2.05, 4.69) is 15.1 Å². The van der Waals surface area contributed by atoms with Gasteiger partial charge in [0.1, 0.15) is 18.3 Å². The third kappa shape index (κ3) is 3.65. The summed E-state index contributed by atoms with van der Waals surface area (Å²) in [5, 5.41) is 4.55. The van der Waals surface area contributed by atoms with Gasteiger partial charge in [0.15, 0.2) is 5.82 Å². The zero-order valence-electron chi connectivity index (χ0n) is 13.6. The second kappa shape index (κ2) is 7.14. The first kappa shape index (κ1) is 16.7. The lowest BCUT2D eigenvalue weighted by Gasteiger charge is -2.33. The topological polar surface area (TPSA) is 76.4 Å². The minimum Gasteiger partial charge on any atom is -0.368 e. The highest BCUT2D eigenvalue weighted by Gasteiger charge is 2.29. The van der Waals surface area contributed by atoms with Crippen LogP contribution in [0.5, 0.6) is 0 Å². The molecular formula is C15H19ClN6O2. The maximum Gasteiger partial charge on any atom is 0.244 e. The van der Waals surface area contributed by atoms with Crippen molar-refractivity contribution in [2.45, 2.75) is 12.6 Å². The summed E-state index contributed by atoms with van der Waals surface area (Å²) in [6.45, 7) is 1.59. The van der Waals surface area contributed by atoms with Gasteiger partial charge in [-0.15, -0.1) is 0 Å². The van der Waals surface area contributed by atoms with Crippen LogP contribution < -0.4 is 4.90 Å². The Labute approximate surface area is 145 Å². The predicted molar refractivity (Wildman–Crippen MR) is 88.9 cm³/mol. The molecule has 9 heteroatoms. The lowest BCUT2D eigenvalue weighted by Crippen LogP contribution is -2.44. The van der Waals surface area contributed by atoms with Crippen LogP contribution in [-0.2, 0) is 16.1 Å². The molecule has 1 atom stereocenters. The number of hydrogen-bond acceptors (Lipinski definition) is 6. The van der Waals surface area contributed by atoms with E-state index in [1.165, 1.54) is 10.9 Å². The van der Waals surface area contributed by atoms with Gasteiger partial charge >= 0.3 is 0 Å². The molecule has 24 heavy (non-hydrogen) atoms. The van der Waals surface area contributed by atoms with Gasteiger partial charge in [-0.05, 0) is 0 Å². The highest BCUT2D eigenvalue weighted by molar-refractivity contribution is 6.30. The standard InChI is InChI=1S/C15H19ClN6O2/c1-20(2)15-14(17-3-4-18-15)12-9-21(5-6-24-12)13(23)10-22-8-11(16)7-19-22/h3-4,7-8,12H,5-6,9-10H2,1-2H3/t12-/m0/s1. The normalized spacial score (nSPS) is 17.8. The first-order chi connectivity index (χ1) is 11.5. The van der Waals surface area contributed by atoms with Crippen molar-refractivity contribution in [2.75, 3.05) is 38.7 Å². The molecule has 0 N–H and O–H groups in total. The average Bonchev–Trinajstić information content (AvgIpc) is 2.99. The van der Waals surface area contributed by atoms with Crippen LogP contribution in [0, 0.1) is 0 Å². The second-order valence-electron chi connectivity index (χ2n) is 5.71. The van der Waals surface area contributed by atoms with E-state index >= 15 is 0 Å². The van der Waals surface area contributed by atoms with Crippen LogP contribution in [0.3, 0.4) is 0 Å². The molecule has 1 amide bonds. The Kier molecular flexibility index (Phi) is 4.96. The highest BCUT2D eigenvalue weighted by atomic mass is 35.5. The minimum absolute atomic E-state index is 0.0293. The van der Waals surface area contributed by atoms with Crippen LogP contribution in [0.1, 0.15) is 11.8 Å². The lowest BCUT2D eigenvalue weighted by atomic mass is 10.2. The molecule has 0 unspecified atom stereocenters. The molecule has 0 radical (unpaired) electrons. The molecule has 1 saturated heterocycles. The summed E-state index contributed by atoms with van der Waals surface area (Å²) in [4.78, 5) is 24.9. The number of ether oxygens (including phenoxy) is 1. The van der Waals surface area contributed by atoms with Gasteiger partial charge in [0.05, 0.1) is 24.4 Å². The summed E-state index contributed by atoms with van der Waals surface area (Å²) in [6.07, 6.45) is 6.13.